The maximum absolute atomic E-state index is 6.99. The van der Waals surface area contributed by atoms with Gasteiger partial charge in [-0.05, 0) is 60.9 Å². The van der Waals surface area contributed by atoms with Crippen molar-refractivity contribution < 1.29 is 26.6 Å². The van der Waals surface area contributed by atoms with Crippen molar-refractivity contribution in [2.45, 2.75) is 66.5 Å². The van der Waals surface area contributed by atoms with E-state index in [-0.39, 0.29) is 12.4 Å². The lowest BCUT2D eigenvalue weighted by molar-refractivity contribution is -1.14. The standard InChI is InChI=1S/C27H42NO2.ClH/c1-9-23-16-17-24(18-21(3)4)26(19-23)27(20-22(5)6,28(7,8)29-10-2)30-25-14-12-11-13-15-25;/h11-17,19,21-22H,9-10,18,20H2,1-8H3;1H/q+1;/p-1. The molecule has 3 nitrogen and oxygen atoms in total. The van der Waals surface area contributed by atoms with E-state index >= 15 is 0 Å². The van der Waals surface area contributed by atoms with Gasteiger partial charge in [-0.25, -0.2) is 4.84 Å². The Kier molecular flexibility index (Phi) is 10.5. The Morgan fingerprint density at radius 2 is 1.55 bits per heavy atom. The second-order valence-corrected chi connectivity index (χ2v) is 9.51. The summed E-state index contributed by atoms with van der Waals surface area (Å²) in [7, 11) is 4.26. The van der Waals surface area contributed by atoms with Gasteiger partial charge in [-0.15, -0.1) is 4.65 Å². The molecule has 0 saturated heterocycles. The van der Waals surface area contributed by atoms with Gasteiger partial charge >= 0.3 is 0 Å². The number of halogens is 1. The van der Waals surface area contributed by atoms with Crippen LogP contribution in [0, 0.1) is 11.8 Å². The van der Waals surface area contributed by atoms with Gasteiger partial charge < -0.3 is 17.1 Å². The monoisotopic (exact) mass is 447 g/mol. The molecule has 0 heterocycles. The molecule has 0 aliphatic rings. The Hall–Kier alpha value is -1.55. The van der Waals surface area contributed by atoms with Gasteiger partial charge in [0.25, 0.3) is 5.72 Å². The van der Waals surface area contributed by atoms with Crippen LogP contribution in [0.4, 0.5) is 0 Å². The van der Waals surface area contributed by atoms with E-state index in [4.69, 9.17) is 9.57 Å². The highest BCUT2D eigenvalue weighted by molar-refractivity contribution is 5.37. The fourth-order valence-electron chi connectivity index (χ4n) is 4.32. The van der Waals surface area contributed by atoms with E-state index in [2.05, 4.69) is 73.8 Å². The van der Waals surface area contributed by atoms with Gasteiger partial charge in [0, 0.05) is 0 Å². The van der Waals surface area contributed by atoms with Gasteiger partial charge in [0.15, 0.2) is 0 Å². The van der Waals surface area contributed by atoms with Crippen LogP contribution in [0.5, 0.6) is 5.75 Å². The van der Waals surface area contributed by atoms with Crippen LogP contribution >= 0.6 is 0 Å². The van der Waals surface area contributed by atoms with Gasteiger partial charge in [0.05, 0.1) is 12.0 Å². The molecular weight excluding hydrogens is 406 g/mol. The van der Waals surface area contributed by atoms with E-state index in [0.717, 1.165) is 25.0 Å². The first-order valence-corrected chi connectivity index (χ1v) is 11.5. The normalized spacial score (nSPS) is 13.7. The van der Waals surface area contributed by atoms with Crippen molar-refractivity contribution in [2.24, 2.45) is 11.8 Å². The molecule has 0 spiro atoms. The predicted octanol–water partition coefficient (Wildman–Crippen LogP) is 3.76. The van der Waals surface area contributed by atoms with Crippen molar-refractivity contribution in [3.63, 3.8) is 0 Å². The van der Waals surface area contributed by atoms with Crippen molar-refractivity contribution >= 4 is 0 Å². The summed E-state index contributed by atoms with van der Waals surface area (Å²) < 4.78 is 7.30. The molecule has 0 aliphatic heterocycles. The molecule has 0 fully saturated rings. The summed E-state index contributed by atoms with van der Waals surface area (Å²) in [4.78, 5) is 6.37. The lowest BCUT2D eigenvalue weighted by atomic mass is 9.84. The van der Waals surface area contributed by atoms with Gasteiger partial charge in [-0.1, -0.05) is 65.0 Å². The van der Waals surface area contributed by atoms with E-state index < -0.39 is 5.72 Å². The smallest absolute Gasteiger partial charge is 0.299 e. The van der Waals surface area contributed by atoms with E-state index in [0.29, 0.717) is 23.1 Å². The van der Waals surface area contributed by atoms with E-state index in [9.17, 15) is 0 Å². The zero-order chi connectivity index (χ0) is 22.4. The number of quaternary nitrogens is 1. The number of para-hydroxylation sites is 1. The van der Waals surface area contributed by atoms with Crippen molar-refractivity contribution in [1.29, 1.82) is 0 Å². The third kappa shape index (κ3) is 6.71. The minimum Gasteiger partial charge on any atom is -1.00 e. The van der Waals surface area contributed by atoms with E-state index in [1.54, 1.807) is 0 Å². The second kappa shape index (κ2) is 11.9. The van der Waals surface area contributed by atoms with Gasteiger partial charge in [-0.3, -0.25) is 0 Å². The van der Waals surface area contributed by atoms with E-state index in [1.807, 2.05) is 30.3 Å². The molecule has 2 rings (SSSR count). The van der Waals surface area contributed by atoms with Crippen LogP contribution in [0.15, 0.2) is 48.5 Å². The molecule has 0 radical (unpaired) electrons. The molecule has 2 aromatic carbocycles. The first-order valence-electron chi connectivity index (χ1n) is 11.5. The first-order chi connectivity index (χ1) is 14.1. The average molecular weight is 448 g/mol. The Morgan fingerprint density at radius 3 is 2.06 bits per heavy atom. The average Bonchev–Trinajstić information content (AvgIpc) is 2.67. The third-order valence-corrected chi connectivity index (χ3v) is 5.67. The summed E-state index contributed by atoms with van der Waals surface area (Å²) in [6.45, 7) is 14.0. The molecule has 1 atom stereocenters. The topological polar surface area (TPSA) is 18.5 Å². The maximum Gasteiger partial charge on any atom is 0.299 e. The number of hydrogen-bond acceptors (Lipinski definition) is 2. The molecule has 0 bridgehead atoms. The molecule has 0 N–H and O–H groups in total. The van der Waals surface area contributed by atoms with Crippen molar-refractivity contribution in [3.05, 3.63) is 65.2 Å². The molecule has 1 unspecified atom stereocenters. The Bertz CT molecular complexity index is 789. The van der Waals surface area contributed by atoms with Crippen LogP contribution in [0.2, 0.25) is 0 Å². The number of benzene rings is 2. The molecule has 0 saturated carbocycles. The molecule has 0 amide bonds. The van der Waals surface area contributed by atoms with E-state index in [1.165, 1.54) is 16.7 Å². The molecule has 0 aromatic heterocycles. The molecule has 0 aliphatic carbocycles. The van der Waals surface area contributed by atoms with Crippen LogP contribution in [-0.4, -0.2) is 25.3 Å². The molecule has 31 heavy (non-hydrogen) atoms. The van der Waals surface area contributed by atoms with Crippen molar-refractivity contribution in [1.82, 2.24) is 0 Å². The zero-order valence-corrected chi connectivity index (χ0v) is 21.5. The summed E-state index contributed by atoms with van der Waals surface area (Å²) in [6, 6.07) is 17.1. The number of ether oxygens (including phenoxy) is 1. The lowest BCUT2D eigenvalue weighted by Crippen LogP contribution is -3.00. The van der Waals surface area contributed by atoms with Crippen molar-refractivity contribution in [3.8, 4) is 5.75 Å². The summed E-state index contributed by atoms with van der Waals surface area (Å²) in [5.41, 5.74) is 3.29. The second-order valence-electron chi connectivity index (χ2n) is 9.51. The van der Waals surface area contributed by atoms with Gasteiger partial charge in [-0.2, -0.15) is 0 Å². The third-order valence-electron chi connectivity index (χ3n) is 5.67. The molecule has 4 heteroatoms. The summed E-state index contributed by atoms with van der Waals surface area (Å²) in [6.07, 6.45) is 2.87. The molecular formula is C27H42ClNO2. The van der Waals surface area contributed by atoms with Crippen LogP contribution in [0.25, 0.3) is 0 Å². The van der Waals surface area contributed by atoms with Crippen LogP contribution < -0.4 is 17.1 Å². The van der Waals surface area contributed by atoms with Gasteiger partial charge in [0.1, 0.15) is 26.5 Å². The Balaban J connectivity index is 0.00000480. The minimum absolute atomic E-state index is 0. The quantitative estimate of drug-likeness (QED) is 0.296. The Morgan fingerprint density at radius 1 is 0.903 bits per heavy atom. The minimum atomic E-state index is -0.652. The highest BCUT2D eigenvalue weighted by Gasteiger charge is 2.53. The van der Waals surface area contributed by atoms with Crippen LogP contribution in [0.1, 0.15) is 64.7 Å². The first kappa shape index (κ1) is 27.5. The van der Waals surface area contributed by atoms with Gasteiger partial charge in [0.2, 0.25) is 0 Å². The number of aryl methyl sites for hydroxylation is 1. The van der Waals surface area contributed by atoms with Crippen molar-refractivity contribution in [2.75, 3.05) is 20.7 Å². The fourth-order valence-corrected chi connectivity index (χ4v) is 4.32. The summed E-state index contributed by atoms with van der Waals surface area (Å²) >= 11 is 0. The Labute approximate surface area is 196 Å². The predicted molar refractivity (Wildman–Crippen MR) is 126 cm³/mol. The number of hydroxylamine groups is 3. The number of rotatable bonds is 11. The zero-order valence-electron chi connectivity index (χ0n) is 20.7. The summed E-state index contributed by atoms with van der Waals surface area (Å²) in [5.74, 6) is 1.87. The number of hydrogen-bond donors (Lipinski definition) is 0. The highest BCUT2D eigenvalue weighted by atomic mass is 35.5. The SMILES string of the molecule is CCO[N+](C)(C)C(CC(C)C)(Oc1ccccc1)c1cc(CC)ccc1CC(C)C.[Cl-]. The fraction of sp³-hybridized carbons (Fsp3) is 0.556. The summed E-state index contributed by atoms with van der Waals surface area (Å²) in [5, 5.41) is 0. The maximum atomic E-state index is 6.99. The van der Waals surface area contributed by atoms with Crippen LogP contribution in [-0.2, 0) is 23.4 Å². The number of nitrogens with zero attached hydrogens (tertiary/aromatic N) is 1. The van der Waals surface area contributed by atoms with Crippen LogP contribution in [0.3, 0.4) is 0 Å². The largest absolute Gasteiger partial charge is 1.00 e. The molecule has 174 valence electrons. The lowest BCUT2D eigenvalue weighted by Gasteiger charge is -2.47. The molecule has 2 aromatic rings. The highest BCUT2D eigenvalue weighted by Crippen LogP contribution is 2.43.